The van der Waals surface area contributed by atoms with Gasteiger partial charge in [-0.25, -0.2) is 8.42 Å². The molecule has 2 rings (SSSR count). The van der Waals surface area contributed by atoms with E-state index in [9.17, 15) is 21.6 Å². The van der Waals surface area contributed by atoms with E-state index in [2.05, 4.69) is 0 Å². The topological polar surface area (TPSA) is 60.2 Å². The van der Waals surface area contributed by atoms with Crippen molar-refractivity contribution in [3.05, 3.63) is 29.8 Å². The molecule has 0 radical (unpaired) electrons. The Morgan fingerprint density at radius 1 is 1.14 bits per heavy atom. The Kier molecular flexibility index (Phi) is 4.63. The van der Waals surface area contributed by atoms with Gasteiger partial charge in [0.25, 0.3) is 0 Å². The zero-order chi connectivity index (χ0) is 15.7. The summed E-state index contributed by atoms with van der Waals surface area (Å²) in [7, 11) is -3.72. The molecule has 0 amide bonds. The minimum atomic E-state index is -4.54. The number of rotatable bonds is 3. The molecule has 7 heteroatoms. The van der Waals surface area contributed by atoms with Crippen LogP contribution in [0.1, 0.15) is 31.2 Å². The molecule has 1 aromatic carbocycles. The van der Waals surface area contributed by atoms with E-state index in [1.807, 2.05) is 0 Å². The van der Waals surface area contributed by atoms with Gasteiger partial charge in [-0.05, 0) is 56.3 Å². The predicted octanol–water partition coefficient (Wildman–Crippen LogP) is 3.00. The standard InChI is InChI=1S/C14H18F3NO2S/c15-14(16,17)11-2-1-3-13(8-11)21(19,20)12-6-4-10(9-18)5-7-12/h1-3,8,10,12H,4-7,9,18H2/t10-,12+. The monoisotopic (exact) mass is 321 g/mol. The molecule has 0 spiro atoms. The molecule has 0 aliphatic heterocycles. The number of sulfone groups is 1. The summed E-state index contributed by atoms with van der Waals surface area (Å²) in [6.07, 6.45) is -2.21. The second kappa shape index (κ2) is 5.96. The molecule has 0 atom stereocenters. The SMILES string of the molecule is NC[C@H]1CC[C@@H](S(=O)(=O)c2cccc(C(F)(F)F)c2)CC1. The first-order valence-corrected chi connectivity index (χ1v) is 8.41. The summed E-state index contributed by atoms with van der Waals surface area (Å²) >= 11 is 0. The molecule has 0 aromatic heterocycles. The lowest BCUT2D eigenvalue weighted by Gasteiger charge is -2.27. The average molecular weight is 321 g/mol. The Hall–Kier alpha value is -1.08. The predicted molar refractivity (Wildman–Crippen MR) is 73.4 cm³/mol. The third-order valence-corrected chi connectivity index (χ3v) is 6.32. The van der Waals surface area contributed by atoms with Crippen molar-refractivity contribution in [1.29, 1.82) is 0 Å². The summed E-state index contributed by atoms with van der Waals surface area (Å²) in [4.78, 5) is -0.242. The average Bonchev–Trinajstić information content (AvgIpc) is 2.46. The molecule has 0 unspecified atom stereocenters. The molecular formula is C14H18F3NO2S. The van der Waals surface area contributed by atoms with Crippen LogP contribution < -0.4 is 5.73 Å². The van der Waals surface area contributed by atoms with Gasteiger partial charge in [0.15, 0.2) is 9.84 Å². The molecule has 1 saturated carbocycles. The van der Waals surface area contributed by atoms with Crippen molar-refractivity contribution >= 4 is 9.84 Å². The summed E-state index contributed by atoms with van der Waals surface area (Å²) in [5.74, 6) is 0.318. The second-order valence-corrected chi connectivity index (χ2v) is 7.68. The van der Waals surface area contributed by atoms with Crippen molar-refractivity contribution in [2.24, 2.45) is 11.7 Å². The molecule has 1 fully saturated rings. The number of nitrogens with two attached hydrogens (primary N) is 1. The number of hydrogen-bond donors (Lipinski definition) is 1. The van der Waals surface area contributed by atoms with Crippen LogP contribution in [0.5, 0.6) is 0 Å². The van der Waals surface area contributed by atoms with Crippen LogP contribution in [-0.2, 0) is 16.0 Å². The maximum Gasteiger partial charge on any atom is 0.416 e. The van der Waals surface area contributed by atoms with E-state index in [0.29, 0.717) is 38.1 Å². The van der Waals surface area contributed by atoms with Gasteiger partial charge in [0.1, 0.15) is 0 Å². The quantitative estimate of drug-likeness (QED) is 0.931. The highest BCUT2D eigenvalue weighted by Crippen LogP contribution is 2.34. The van der Waals surface area contributed by atoms with E-state index >= 15 is 0 Å². The van der Waals surface area contributed by atoms with Gasteiger partial charge in [0.2, 0.25) is 0 Å². The number of hydrogen-bond acceptors (Lipinski definition) is 3. The first kappa shape index (κ1) is 16.3. The van der Waals surface area contributed by atoms with Crippen LogP contribution in [0.15, 0.2) is 29.2 Å². The summed E-state index contributed by atoms with van der Waals surface area (Å²) < 4.78 is 63.0. The van der Waals surface area contributed by atoms with Crippen LogP contribution in [0.2, 0.25) is 0 Å². The van der Waals surface area contributed by atoms with Gasteiger partial charge >= 0.3 is 6.18 Å². The van der Waals surface area contributed by atoms with Crippen LogP contribution >= 0.6 is 0 Å². The third kappa shape index (κ3) is 3.58. The van der Waals surface area contributed by atoms with Crippen LogP contribution in [0.25, 0.3) is 0 Å². The smallest absolute Gasteiger partial charge is 0.330 e. The van der Waals surface area contributed by atoms with Crippen molar-refractivity contribution in [3.63, 3.8) is 0 Å². The molecule has 118 valence electrons. The Labute approximate surface area is 122 Å². The van der Waals surface area contributed by atoms with Gasteiger partial charge < -0.3 is 5.73 Å². The molecule has 0 bridgehead atoms. The highest BCUT2D eigenvalue weighted by atomic mass is 32.2. The molecular weight excluding hydrogens is 303 g/mol. The van der Waals surface area contributed by atoms with Crippen molar-refractivity contribution in [1.82, 2.24) is 0 Å². The zero-order valence-corrected chi connectivity index (χ0v) is 12.3. The maximum absolute atomic E-state index is 12.7. The fourth-order valence-corrected chi connectivity index (χ4v) is 4.56. The van der Waals surface area contributed by atoms with Gasteiger partial charge in [0, 0.05) is 0 Å². The van der Waals surface area contributed by atoms with Gasteiger partial charge in [-0.2, -0.15) is 13.2 Å². The normalized spacial score (nSPS) is 24.0. The van der Waals surface area contributed by atoms with Gasteiger partial charge in [-0.3, -0.25) is 0 Å². The maximum atomic E-state index is 12.7. The Morgan fingerprint density at radius 3 is 2.29 bits per heavy atom. The lowest BCUT2D eigenvalue weighted by molar-refractivity contribution is -0.137. The number of alkyl halides is 3. The molecule has 0 saturated heterocycles. The van der Waals surface area contributed by atoms with Gasteiger partial charge in [0.05, 0.1) is 15.7 Å². The molecule has 21 heavy (non-hydrogen) atoms. The fourth-order valence-electron chi connectivity index (χ4n) is 2.72. The Bertz CT molecular complexity index is 590. The van der Waals surface area contributed by atoms with Gasteiger partial charge in [-0.1, -0.05) is 6.07 Å². The van der Waals surface area contributed by atoms with Crippen LogP contribution in [-0.4, -0.2) is 20.2 Å². The highest BCUT2D eigenvalue weighted by Gasteiger charge is 2.35. The zero-order valence-electron chi connectivity index (χ0n) is 11.4. The summed E-state index contributed by atoms with van der Waals surface area (Å²) in [5, 5.41) is -0.608. The molecule has 1 aromatic rings. The number of benzene rings is 1. The van der Waals surface area contributed by atoms with Crippen molar-refractivity contribution in [2.45, 2.75) is 42.0 Å². The van der Waals surface area contributed by atoms with Gasteiger partial charge in [-0.15, -0.1) is 0 Å². The summed E-state index contributed by atoms with van der Waals surface area (Å²) in [5.41, 5.74) is 4.63. The van der Waals surface area contributed by atoms with E-state index in [0.717, 1.165) is 18.2 Å². The van der Waals surface area contributed by atoms with E-state index in [1.54, 1.807) is 0 Å². The van der Waals surface area contributed by atoms with Crippen molar-refractivity contribution in [2.75, 3.05) is 6.54 Å². The molecule has 2 N–H and O–H groups in total. The van der Waals surface area contributed by atoms with Crippen LogP contribution in [0.4, 0.5) is 13.2 Å². The lowest BCUT2D eigenvalue weighted by Crippen LogP contribution is -2.30. The minimum Gasteiger partial charge on any atom is -0.330 e. The molecule has 3 nitrogen and oxygen atoms in total. The van der Waals surface area contributed by atoms with Crippen LogP contribution in [0.3, 0.4) is 0 Å². The highest BCUT2D eigenvalue weighted by molar-refractivity contribution is 7.92. The summed E-state index contributed by atoms with van der Waals surface area (Å²) in [6.45, 7) is 0.524. The Morgan fingerprint density at radius 2 is 1.76 bits per heavy atom. The Balaban J connectivity index is 2.24. The minimum absolute atomic E-state index is 0.242. The fraction of sp³-hybridized carbons (Fsp3) is 0.571. The van der Waals surface area contributed by atoms with E-state index < -0.39 is 26.8 Å². The van der Waals surface area contributed by atoms with E-state index in [4.69, 9.17) is 5.73 Å². The lowest BCUT2D eigenvalue weighted by atomic mass is 9.89. The van der Waals surface area contributed by atoms with E-state index in [1.165, 1.54) is 6.07 Å². The molecule has 1 aliphatic carbocycles. The molecule has 0 heterocycles. The van der Waals surface area contributed by atoms with Crippen molar-refractivity contribution < 1.29 is 21.6 Å². The van der Waals surface area contributed by atoms with Crippen molar-refractivity contribution in [3.8, 4) is 0 Å². The van der Waals surface area contributed by atoms with Crippen LogP contribution in [0, 0.1) is 5.92 Å². The molecule has 1 aliphatic rings. The third-order valence-electron chi connectivity index (χ3n) is 4.06. The number of halogens is 3. The van der Waals surface area contributed by atoms with E-state index in [-0.39, 0.29) is 4.90 Å². The second-order valence-electron chi connectivity index (χ2n) is 5.45. The summed E-state index contributed by atoms with van der Waals surface area (Å²) in [6, 6.07) is 3.98. The first-order valence-electron chi connectivity index (χ1n) is 6.86. The first-order chi connectivity index (χ1) is 9.75. The largest absolute Gasteiger partial charge is 0.416 e.